The van der Waals surface area contributed by atoms with Crippen molar-refractivity contribution < 1.29 is 4.79 Å². The van der Waals surface area contributed by atoms with Gasteiger partial charge in [-0.2, -0.15) is 5.10 Å². The Morgan fingerprint density at radius 3 is 3.18 bits per heavy atom. The van der Waals surface area contributed by atoms with Gasteiger partial charge in [-0.15, -0.1) is 11.3 Å². The quantitative estimate of drug-likeness (QED) is 0.908. The van der Waals surface area contributed by atoms with Gasteiger partial charge in [0.15, 0.2) is 5.13 Å². The van der Waals surface area contributed by atoms with Crippen LogP contribution in [0.1, 0.15) is 31.9 Å². The number of nitrogens with zero attached hydrogens (tertiary/aromatic N) is 5. The number of hydrogen-bond acceptors (Lipinski definition) is 6. The first-order valence-corrected chi connectivity index (χ1v) is 8.37. The summed E-state index contributed by atoms with van der Waals surface area (Å²) < 4.78 is 1.90. The summed E-state index contributed by atoms with van der Waals surface area (Å²) in [6, 6.07) is 0.460. The van der Waals surface area contributed by atoms with Crippen LogP contribution in [0.3, 0.4) is 0 Å². The topological polar surface area (TPSA) is 75.9 Å². The molecular weight excluding hydrogens is 300 g/mol. The van der Waals surface area contributed by atoms with Gasteiger partial charge in [0.05, 0.1) is 12.2 Å². The van der Waals surface area contributed by atoms with E-state index in [0.717, 1.165) is 25.3 Å². The standard InChI is InChI=1S/C14H20N6OS/c1-11(21)17-14-18-12(8-22-14)6-19-5-3-2-4-13(19)7-20-10-15-9-16-20/h8-10,13H,2-7H2,1H3,(H,17,18,21)/t13-/m1/s1. The molecule has 0 aliphatic carbocycles. The highest BCUT2D eigenvalue weighted by Crippen LogP contribution is 2.23. The van der Waals surface area contributed by atoms with Gasteiger partial charge in [0.2, 0.25) is 5.91 Å². The van der Waals surface area contributed by atoms with E-state index >= 15 is 0 Å². The lowest BCUT2D eigenvalue weighted by molar-refractivity contribution is -0.114. The minimum absolute atomic E-state index is 0.0806. The Balaban J connectivity index is 1.63. The molecule has 1 N–H and O–H groups in total. The molecule has 1 fully saturated rings. The SMILES string of the molecule is CC(=O)Nc1nc(CN2CCCC[C@@H]2Cn2cncn2)cs1. The second kappa shape index (κ2) is 6.97. The summed E-state index contributed by atoms with van der Waals surface area (Å²) in [5.74, 6) is -0.0806. The first-order valence-electron chi connectivity index (χ1n) is 7.49. The monoisotopic (exact) mass is 320 g/mol. The molecule has 0 spiro atoms. The lowest BCUT2D eigenvalue weighted by Gasteiger charge is -2.35. The fraction of sp³-hybridized carbons (Fsp3) is 0.571. The van der Waals surface area contributed by atoms with Gasteiger partial charge >= 0.3 is 0 Å². The molecular formula is C14H20N6OS. The third kappa shape index (κ3) is 3.89. The second-order valence-electron chi connectivity index (χ2n) is 5.56. The van der Waals surface area contributed by atoms with Crippen LogP contribution in [0.15, 0.2) is 18.0 Å². The summed E-state index contributed by atoms with van der Waals surface area (Å²) in [4.78, 5) is 22.0. The summed E-state index contributed by atoms with van der Waals surface area (Å²) in [5.41, 5.74) is 1.01. The molecule has 1 aliphatic heterocycles. The van der Waals surface area contributed by atoms with Crippen molar-refractivity contribution in [2.24, 2.45) is 0 Å². The Hall–Kier alpha value is -1.80. The zero-order valence-corrected chi connectivity index (χ0v) is 13.4. The van der Waals surface area contributed by atoms with Gasteiger partial charge in [0.1, 0.15) is 12.7 Å². The molecule has 0 radical (unpaired) electrons. The predicted octanol–water partition coefficient (Wildman–Crippen LogP) is 1.75. The first-order chi connectivity index (χ1) is 10.7. The average molecular weight is 320 g/mol. The minimum Gasteiger partial charge on any atom is -0.302 e. The van der Waals surface area contributed by atoms with Crippen molar-refractivity contribution in [1.29, 1.82) is 0 Å². The van der Waals surface area contributed by atoms with Crippen LogP contribution in [-0.4, -0.2) is 43.1 Å². The van der Waals surface area contributed by atoms with Crippen LogP contribution in [-0.2, 0) is 17.9 Å². The molecule has 1 saturated heterocycles. The van der Waals surface area contributed by atoms with E-state index in [-0.39, 0.29) is 5.91 Å². The highest BCUT2D eigenvalue weighted by molar-refractivity contribution is 7.13. The summed E-state index contributed by atoms with van der Waals surface area (Å²) in [6.45, 7) is 4.25. The Labute approximate surface area is 133 Å². The van der Waals surface area contributed by atoms with E-state index < -0.39 is 0 Å². The number of aromatic nitrogens is 4. The number of likely N-dealkylation sites (tertiary alicyclic amines) is 1. The molecule has 1 atom stereocenters. The largest absolute Gasteiger partial charge is 0.302 e. The number of amides is 1. The highest BCUT2D eigenvalue weighted by atomic mass is 32.1. The van der Waals surface area contributed by atoms with Gasteiger partial charge in [-0.3, -0.25) is 14.4 Å². The van der Waals surface area contributed by atoms with Gasteiger partial charge in [0.25, 0.3) is 0 Å². The Bertz CT molecular complexity index is 611. The van der Waals surface area contributed by atoms with Crippen molar-refractivity contribution in [2.45, 2.75) is 45.3 Å². The highest BCUT2D eigenvalue weighted by Gasteiger charge is 2.23. The van der Waals surface area contributed by atoms with Crippen molar-refractivity contribution in [3.05, 3.63) is 23.7 Å². The van der Waals surface area contributed by atoms with Crippen molar-refractivity contribution >= 4 is 22.4 Å². The molecule has 2 aromatic rings. The van der Waals surface area contributed by atoms with Crippen LogP contribution < -0.4 is 5.32 Å². The van der Waals surface area contributed by atoms with E-state index in [4.69, 9.17) is 0 Å². The van der Waals surface area contributed by atoms with E-state index in [9.17, 15) is 4.79 Å². The summed E-state index contributed by atoms with van der Waals surface area (Å²) in [7, 11) is 0. The molecule has 2 aromatic heterocycles. The molecule has 3 heterocycles. The summed E-state index contributed by atoms with van der Waals surface area (Å²) >= 11 is 1.48. The van der Waals surface area contributed by atoms with Crippen LogP contribution in [0.4, 0.5) is 5.13 Å². The fourth-order valence-electron chi connectivity index (χ4n) is 2.81. The maximum atomic E-state index is 11.1. The maximum Gasteiger partial charge on any atom is 0.223 e. The Morgan fingerprint density at radius 1 is 1.50 bits per heavy atom. The van der Waals surface area contributed by atoms with E-state index in [2.05, 4.69) is 25.3 Å². The third-order valence-electron chi connectivity index (χ3n) is 3.81. The lowest BCUT2D eigenvalue weighted by Crippen LogP contribution is -2.41. The summed E-state index contributed by atoms with van der Waals surface area (Å²) in [6.07, 6.45) is 6.99. The van der Waals surface area contributed by atoms with Gasteiger partial charge in [0, 0.05) is 24.9 Å². The number of piperidine rings is 1. The van der Waals surface area contributed by atoms with Crippen LogP contribution in [0.2, 0.25) is 0 Å². The number of thiazole rings is 1. The second-order valence-corrected chi connectivity index (χ2v) is 6.42. The number of hydrogen-bond donors (Lipinski definition) is 1. The molecule has 22 heavy (non-hydrogen) atoms. The molecule has 0 aromatic carbocycles. The van der Waals surface area contributed by atoms with Crippen molar-refractivity contribution in [3.8, 4) is 0 Å². The zero-order chi connectivity index (χ0) is 15.4. The normalized spacial score (nSPS) is 19.2. The molecule has 1 amide bonds. The lowest BCUT2D eigenvalue weighted by atomic mass is 10.0. The molecule has 8 heteroatoms. The average Bonchev–Trinajstić information content (AvgIpc) is 3.13. The van der Waals surface area contributed by atoms with Crippen LogP contribution in [0.25, 0.3) is 0 Å². The molecule has 7 nitrogen and oxygen atoms in total. The van der Waals surface area contributed by atoms with Crippen LogP contribution >= 0.6 is 11.3 Å². The van der Waals surface area contributed by atoms with Gasteiger partial charge < -0.3 is 5.32 Å². The molecule has 3 rings (SSSR count). The number of anilines is 1. The Kier molecular flexibility index (Phi) is 4.79. The Morgan fingerprint density at radius 2 is 2.41 bits per heavy atom. The smallest absolute Gasteiger partial charge is 0.223 e. The fourth-order valence-corrected chi connectivity index (χ4v) is 3.56. The third-order valence-corrected chi connectivity index (χ3v) is 4.62. The molecule has 0 bridgehead atoms. The van der Waals surface area contributed by atoms with Gasteiger partial charge in [-0.1, -0.05) is 6.42 Å². The number of rotatable bonds is 5. The summed E-state index contributed by atoms with van der Waals surface area (Å²) in [5, 5.41) is 9.64. The van der Waals surface area contributed by atoms with Gasteiger partial charge in [-0.05, 0) is 19.4 Å². The van der Waals surface area contributed by atoms with E-state index in [1.807, 2.05) is 10.1 Å². The van der Waals surface area contributed by atoms with Crippen LogP contribution in [0.5, 0.6) is 0 Å². The van der Waals surface area contributed by atoms with Gasteiger partial charge in [-0.25, -0.2) is 9.97 Å². The van der Waals surface area contributed by atoms with Crippen LogP contribution in [0, 0.1) is 0 Å². The molecule has 0 unspecified atom stereocenters. The zero-order valence-electron chi connectivity index (χ0n) is 12.6. The predicted molar refractivity (Wildman–Crippen MR) is 84.5 cm³/mol. The molecule has 1 aliphatic rings. The van der Waals surface area contributed by atoms with Crippen molar-refractivity contribution in [2.75, 3.05) is 11.9 Å². The number of carbonyl (C=O) groups is 1. The van der Waals surface area contributed by atoms with E-state index in [0.29, 0.717) is 11.2 Å². The molecule has 0 saturated carbocycles. The molecule has 118 valence electrons. The van der Waals surface area contributed by atoms with Crippen molar-refractivity contribution in [1.82, 2.24) is 24.6 Å². The maximum absolute atomic E-state index is 11.1. The number of carbonyl (C=O) groups excluding carboxylic acids is 1. The van der Waals surface area contributed by atoms with Crippen molar-refractivity contribution in [3.63, 3.8) is 0 Å². The van der Waals surface area contributed by atoms with E-state index in [1.165, 1.54) is 37.5 Å². The minimum atomic E-state index is -0.0806. The van der Waals surface area contributed by atoms with E-state index in [1.54, 1.807) is 12.7 Å². The number of nitrogens with one attached hydrogen (secondary N) is 1. The first kappa shape index (κ1) is 15.1.